The summed E-state index contributed by atoms with van der Waals surface area (Å²) >= 11 is 8.06. The number of halogens is 2. The number of methoxy groups -OCH3 is 1. The number of thiophene rings is 1. The largest absolute Gasteiger partial charge is 0.383 e. The monoisotopic (exact) mass is 355 g/mol. The molecule has 1 aromatic rings. The van der Waals surface area contributed by atoms with Gasteiger partial charge in [-0.15, -0.1) is 11.3 Å². The van der Waals surface area contributed by atoms with Crippen LogP contribution in [0.5, 0.6) is 0 Å². The second-order valence-corrected chi connectivity index (χ2v) is 5.99. The topological polar surface area (TPSA) is 38.3 Å². The van der Waals surface area contributed by atoms with Gasteiger partial charge in [-0.05, 0) is 28.1 Å². The summed E-state index contributed by atoms with van der Waals surface area (Å²) in [4.78, 5) is 12.4. The van der Waals surface area contributed by atoms with E-state index in [4.69, 9.17) is 4.74 Å². The SMILES string of the molecule is COCC(CBr)NC(=O)c1ccc(Br)s1. The molecule has 0 fully saturated rings. The molecule has 0 radical (unpaired) electrons. The Labute approximate surface area is 109 Å². The van der Waals surface area contributed by atoms with E-state index < -0.39 is 0 Å². The first kappa shape index (κ1) is 13.2. The van der Waals surface area contributed by atoms with Gasteiger partial charge in [0.15, 0.2) is 0 Å². The van der Waals surface area contributed by atoms with E-state index in [1.54, 1.807) is 13.2 Å². The summed E-state index contributed by atoms with van der Waals surface area (Å²) in [5.41, 5.74) is 0. The zero-order valence-electron chi connectivity index (χ0n) is 8.13. The summed E-state index contributed by atoms with van der Waals surface area (Å²) in [6.07, 6.45) is 0. The molecule has 0 saturated carbocycles. The highest BCUT2D eigenvalue weighted by atomic mass is 79.9. The first-order chi connectivity index (χ1) is 7.17. The Hall–Kier alpha value is 0.0900. The molecule has 1 unspecified atom stereocenters. The maximum Gasteiger partial charge on any atom is 0.261 e. The third kappa shape index (κ3) is 4.22. The van der Waals surface area contributed by atoms with Crippen molar-refractivity contribution >= 4 is 49.1 Å². The summed E-state index contributed by atoms with van der Waals surface area (Å²) in [5, 5.41) is 3.56. The van der Waals surface area contributed by atoms with Gasteiger partial charge in [0.2, 0.25) is 0 Å². The van der Waals surface area contributed by atoms with Crippen LogP contribution in [0.15, 0.2) is 15.9 Å². The number of carbonyl (C=O) groups excluding carboxylic acids is 1. The highest BCUT2D eigenvalue weighted by Gasteiger charge is 2.13. The quantitative estimate of drug-likeness (QED) is 0.823. The minimum Gasteiger partial charge on any atom is -0.383 e. The van der Waals surface area contributed by atoms with Crippen molar-refractivity contribution in [1.29, 1.82) is 0 Å². The van der Waals surface area contributed by atoms with Gasteiger partial charge < -0.3 is 10.1 Å². The lowest BCUT2D eigenvalue weighted by molar-refractivity contribution is 0.0912. The molecule has 0 saturated heterocycles. The summed E-state index contributed by atoms with van der Waals surface area (Å²) < 4.78 is 5.94. The van der Waals surface area contributed by atoms with Crippen molar-refractivity contribution in [2.24, 2.45) is 0 Å². The molecule has 3 nitrogen and oxygen atoms in total. The molecule has 1 N–H and O–H groups in total. The average molecular weight is 357 g/mol. The molecule has 1 heterocycles. The minimum atomic E-state index is -0.0628. The number of alkyl halides is 1. The van der Waals surface area contributed by atoms with Gasteiger partial charge in [-0.2, -0.15) is 0 Å². The zero-order chi connectivity index (χ0) is 11.3. The molecule has 6 heteroatoms. The van der Waals surface area contributed by atoms with Crippen LogP contribution in [0.4, 0.5) is 0 Å². The van der Waals surface area contributed by atoms with Crippen LogP contribution in [0.1, 0.15) is 9.67 Å². The predicted octanol–water partition coefficient (Wildman–Crippen LogP) is 2.65. The molecule has 84 valence electrons. The number of nitrogens with one attached hydrogen (secondary N) is 1. The highest BCUT2D eigenvalue weighted by Crippen LogP contribution is 2.21. The van der Waals surface area contributed by atoms with Gasteiger partial charge >= 0.3 is 0 Å². The van der Waals surface area contributed by atoms with E-state index in [0.29, 0.717) is 16.8 Å². The van der Waals surface area contributed by atoms with Crippen LogP contribution in [0.25, 0.3) is 0 Å². The molecule has 1 atom stereocenters. The Morgan fingerprint density at radius 2 is 2.40 bits per heavy atom. The van der Waals surface area contributed by atoms with E-state index in [0.717, 1.165) is 3.79 Å². The summed E-state index contributed by atoms with van der Waals surface area (Å²) in [5.74, 6) is -0.0628. The van der Waals surface area contributed by atoms with Crippen LogP contribution in [-0.2, 0) is 4.74 Å². The molecule has 1 aromatic heterocycles. The van der Waals surface area contributed by atoms with Gasteiger partial charge in [0.25, 0.3) is 5.91 Å². The van der Waals surface area contributed by atoms with Gasteiger partial charge in [-0.1, -0.05) is 15.9 Å². The van der Waals surface area contributed by atoms with E-state index in [2.05, 4.69) is 37.2 Å². The molecule has 0 aliphatic heterocycles. The molecule has 1 amide bonds. The number of hydrogen-bond donors (Lipinski definition) is 1. The van der Waals surface area contributed by atoms with Crippen molar-refractivity contribution in [3.8, 4) is 0 Å². The fourth-order valence-corrected chi connectivity index (χ4v) is 2.66. The van der Waals surface area contributed by atoms with Gasteiger partial charge in [-0.3, -0.25) is 4.79 Å². The number of rotatable bonds is 5. The maximum absolute atomic E-state index is 11.7. The van der Waals surface area contributed by atoms with E-state index in [9.17, 15) is 4.79 Å². The van der Waals surface area contributed by atoms with Crippen LogP contribution < -0.4 is 5.32 Å². The molecule has 0 bridgehead atoms. The Morgan fingerprint density at radius 3 is 2.87 bits per heavy atom. The lowest BCUT2D eigenvalue weighted by atomic mass is 10.3. The summed E-state index contributed by atoms with van der Waals surface area (Å²) in [7, 11) is 1.61. The molecule has 0 aromatic carbocycles. The number of ether oxygens (including phenoxy) is 1. The molecule has 0 aliphatic rings. The van der Waals surface area contributed by atoms with Gasteiger partial charge in [0, 0.05) is 12.4 Å². The predicted molar refractivity (Wildman–Crippen MR) is 68.9 cm³/mol. The van der Waals surface area contributed by atoms with Crippen LogP contribution in [-0.4, -0.2) is 31.0 Å². The van der Waals surface area contributed by atoms with E-state index in [-0.39, 0.29) is 11.9 Å². The van der Waals surface area contributed by atoms with E-state index in [1.807, 2.05) is 6.07 Å². The van der Waals surface area contributed by atoms with Crippen molar-refractivity contribution < 1.29 is 9.53 Å². The van der Waals surface area contributed by atoms with Gasteiger partial charge in [-0.25, -0.2) is 0 Å². The first-order valence-electron chi connectivity index (χ1n) is 4.28. The van der Waals surface area contributed by atoms with Crippen LogP contribution >= 0.6 is 43.2 Å². The lowest BCUT2D eigenvalue weighted by Gasteiger charge is -2.14. The lowest BCUT2D eigenvalue weighted by Crippen LogP contribution is -2.38. The Kier molecular flexibility index (Phi) is 5.81. The molecular formula is C9H11Br2NO2S. The third-order valence-corrected chi connectivity index (χ3v) is 4.09. The zero-order valence-corrected chi connectivity index (χ0v) is 12.1. The number of amides is 1. The average Bonchev–Trinajstić information content (AvgIpc) is 2.64. The van der Waals surface area contributed by atoms with Crippen molar-refractivity contribution in [2.75, 3.05) is 19.0 Å². The normalized spacial score (nSPS) is 12.5. The third-order valence-electron chi connectivity index (χ3n) is 1.69. The van der Waals surface area contributed by atoms with Gasteiger partial charge in [0.1, 0.15) is 0 Å². The Balaban J connectivity index is 2.54. The van der Waals surface area contributed by atoms with Crippen LogP contribution in [0.2, 0.25) is 0 Å². The summed E-state index contributed by atoms with van der Waals surface area (Å²) in [6.45, 7) is 0.504. The molecule has 0 aliphatic carbocycles. The molecule has 15 heavy (non-hydrogen) atoms. The molecular weight excluding hydrogens is 346 g/mol. The minimum absolute atomic E-state index is 0.00313. The van der Waals surface area contributed by atoms with Crippen molar-refractivity contribution in [3.63, 3.8) is 0 Å². The van der Waals surface area contributed by atoms with Crippen LogP contribution in [0, 0.1) is 0 Å². The summed E-state index contributed by atoms with van der Waals surface area (Å²) in [6, 6.07) is 3.66. The maximum atomic E-state index is 11.7. The first-order valence-corrected chi connectivity index (χ1v) is 7.01. The highest BCUT2D eigenvalue weighted by molar-refractivity contribution is 9.11. The number of hydrogen-bond acceptors (Lipinski definition) is 3. The second kappa shape index (κ2) is 6.62. The Bertz CT molecular complexity index is 330. The fourth-order valence-electron chi connectivity index (χ4n) is 1.02. The second-order valence-electron chi connectivity index (χ2n) is 2.88. The van der Waals surface area contributed by atoms with E-state index >= 15 is 0 Å². The van der Waals surface area contributed by atoms with E-state index in [1.165, 1.54) is 11.3 Å². The molecule has 1 rings (SSSR count). The smallest absolute Gasteiger partial charge is 0.261 e. The van der Waals surface area contributed by atoms with Crippen LogP contribution in [0.3, 0.4) is 0 Å². The number of carbonyl (C=O) groups is 1. The van der Waals surface area contributed by atoms with Crippen molar-refractivity contribution in [3.05, 3.63) is 20.8 Å². The standard InChI is InChI=1S/C9H11Br2NO2S/c1-14-5-6(4-10)12-9(13)7-2-3-8(11)15-7/h2-3,6H,4-5H2,1H3,(H,12,13). The molecule has 0 spiro atoms. The van der Waals surface area contributed by atoms with Crippen molar-refractivity contribution in [1.82, 2.24) is 5.32 Å². The Morgan fingerprint density at radius 1 is 1.67 bits per heavy atom. The fraction of sp³-hybridized carbons (Fsp3) is 0.444. The van der Waals surface area contributed by atoms with Crippen molar-refractivity contribution in [2.45, 2.75) is 6.04 Å². The van der Waals surface area contributed by atoms with Gasteiger partial charge in [0.05, 0.1) is 21.3 Å².